The number of carbonyl (C=O) groups excluding carboxylic acids is 1. The average molecular weight is 211 g/mol. The maximum Gasteiger partial charge on any atom is 0.322 e. The first-order valence-corrected chi connectivity index (χ1v) is 4.27. The van der Waals surface area contributed by atoms with Gasteiger partial charge in [-0.1, -0.05) is 6.07 Å². The van der Waals surface area contributed by atoms with E-state index in [1.807, 2.05) is 0 Å². The van der Waals surface area contributed by atoms with Gasteiger partial charge in [-0.3, -0.25) is 9.59 Å². The molecule has 1 aromatic carbocycles. The molecule has 0 aliphatic rings. The van der Waals surface area contributed by atoms with Crippen molar-refractivity contribution in [3.8, 4) is 0 Å². The number of aliphatic carboxylic acids is 1. The Hall–Kier alpha value is -1.91. The Morgan fingerprint density at radius 3 is 2.67 bits per heavy atom. The summed E-state index contributed by atoms with van der Waals surface area (Å²) in [5.74, 6) is -2.23. The lowest BCUT2D eigenvalue weighted by Gasteiger charge is -2.03. The van der Waals surface area contributed by atoms with Crippen molar-refractivity contribution in [1.82, 2.24) is 5.32 Å². The van der Waals surface area contributed by atoms with Gasteiger partial charge < -0.3 is 10.4 Å². The molecule has 0 unspecified atom stereocenters. The summed E-state index contributed by atoms with van der Waals surface area (Å²) in [6, 6.07) is 3.98. The minimum absolute atomic E-state index is 0.111. The van der Waals surface area contributed by atoms with Crippen LogP contribution in [0.5, 0.6) is 0 Å². The van der Waals surface area contributed by atoms with Gasteiger partial charge in [0, 0.05) is 5.56 Å². The second kappa shape index (κ2) is 4.54. The fraction of sp³-hybridized carbons (Fsp3) is 0.200. The Labute approximate surface area is 85.7 Å². The van der Waals surface area contributed by atoms with Crippen LogP contribution in [0.25, 0.3) is 0 Å². The molecular weight excluding hydrogens is 201 g/mol. The Morgan fingerprint density at radius 2 is 2.13 bits per heavy atom. The zero-order chi connectivity index (χ0) is 11.4. The van der Waals surface area contributed by atoms with Crippen molar-refractivity contribution in [3.63, 3.8) is 0 Å². The summed E-state index contributed by atoms with van der Waals surface area (Å²) in [4.78, 5) is 21.4. The van der Waals surface area contributed by atoms with Gasteiger partial charge in [-0.2, -0.15) is 0 Å². The van der Waals surface area contributed by atoms with Gasteiger partial charge in [-0.05, 0) is 24.6 Å². The highest BCUT2D eigenvalue weighted by Crippen LogP contribution is 2.08. The van der Waals surface area contributed by atoms with E-state index in [9.17, 15) is 14.0 Å². The van der Waals surface area contributed by atoms with Crippen molar-refractivity contribution in [2.75, 3.05) is 6.54 Å². The number of rotatable bonds is 3. The van der Waals surface area contributed by atoms with Crippen molar-refractivity contribution in [2.24, 2.45) is 0 Å². The predicted octanol–water partition coefficient (Wildman–Crippen LogP) is 0.949. The molecule has 15 heavy (non-hydrogen) atoms. The lowest BCUT2D eigenvalue weighted by Crippen LogP contribution is -2.29. The molecule has 5 heteroatoms. The lowest BCUT2D eigenvalue weighted by atomic mass is 10.1. The first-order chi connectivity index (χ1) is 7.00. The van der Waals surface area contributed by atoms with Crippen LogP contribution in [0, 0.1) is 12.7 Å². The lowest BCUT2D eigenvalue weighted by molar-refractivity contribution is -0.135. The molecule has 1 amide bonds. The number of halogens is 1. The monoisotopic (exact) mass is 211 g/mol. The van der Waals surface area contributed by atoms with E-state index in [2.05, 4.69) is 5.32 Å². The van der Waals surface area contributed by atoms with E-state index in [4.69, 9.17) is 5.11 Å². The maximum atomic E-state index is 13.0. The standard InChI is InChI=1S/C10H10FNO3/c1-6-2-3-7(4-8(6)11)10(15)12-5-9(13)14/h2-4H,5H2,1H3,(H,12,15)(H,13,14). The molecule has 0 saturated carbocycles. The van der Waals surface area contributed by atoms with E-state index in [0.717, 1.165) is 6.07 Å². The average Bonchev–Trinajstić information content (AvgIpc) is 2.18. The summed E-state index contributed by atoms with van der Waals surface area (Å²) in [7, 11) is 0. The number of aryl methyl sites for hydroxylation is 1. The van der Waals surface area contributed by atoms with E-state index in [0.29, 0.717) is 5.56 Å². The topological polar surface area (TPSA) is 66.4 Å². The summed E-state index contributed by atoms with van der Waals surface area (Å²) in [6.45, 7) is 1.10. The largest absolute Gasteiger partial charge is 0.480 e. The van der Waals surface area contributed by atoms with Crippen molar-refractivity contribution in [1.29, 1.82) is 0 Å². The third kappa shape index (κ3) is 3.05. The number of hydrogen-bond acceptors (Lipinski definition) is 2. The smallest absolute Gasteiger partial charge is 0.322 e. The molecule has 0 spiro atoms. The van der Waals surface area contributed by atoms with Gasteiger partial charge in [0.2, 0.25) is 0 Å². The Kier molecular flexibility index (Phi) is 3.38. The van der Waals surface area contributed by atoms with Crippen LogP contribution in [0.2, 0.25) is 0 Å². The van der Waals surface area contributed by atoms with Crippen LogP contribution >= 0.6 is 0 Å². The van der Waals surface area contributed by atoms with Gasteiger partial charge in [0.1, 0.15) is 12.4 Å². The molecule has 2 N–H and O–H groups in total. The van der Waals surface area contributed by atoms with Crippen molar-refractivity contribution >= 4 is 11.9 Å². The molecule has 0 radical (unpaired) electrons. The molecule has 0 atom stereocenters. The Morgan fingerprint density at radius 1 is 1.47 bits per heavy atom. The molecule has 0 fully saturated rings. The third-order valence-electron chi connectivity index (χ3n) is 1.83. The van der Waals surface area contributed by atoms with Crippen molar-refractivity contribution < 1.29 is 19.1 Å². The third-order valence-corrected chi connectivity index (χ3v) is 1.83. The number of carboxylic acid groups (broad SMARTS) is 1. The fourth-order valence-corrected chi connectivity index (χ4v) is 0.992. The molecule has 80 valence electrons. The normalized spacial score (nSPS) is 9.73. The number of nitrogens with one attached hydrogen (secondary N) is 1. The van der Waals surface area contributed by atoms with E-state index >= 15 is 0 Å². The Balaban J connectivity index is 2.74. The number of carbonyl (C=O) groups is 2. The molecule has 0 saturated heterocycles. The van der Waals surface area contributed by atoms with Crippen LogP contribution in [-0.2, 0) is 4.79 Å². The molecule has 0 heterocycles. The molecule has 0 aliphatic carbocycles. The molecule has 0 aromatic heterocycles. The van der Waals surface area contributed by atoms with Gasteiger partial charge in [0.15, 0.2) is 0 Å². The Bertz CT molecular complexity index is 404. The number of carboxylic acids is 1. The number of amides is 1. The fourth-order valence-electron chi connectivity index (χ4n) is 0.992. The van der Waals surface area contributed by atoms with E-state index < -0.39 is 24.2 Å². The quantitative estimate of drug-likeness (QED) is 0.782. The van der Waals surface area contributed by atoms with Gasteiger partial charge in [0.25, 0.3) is 5.91 Å². The highest BCUT2D eigenvalue weighted by atomic mass is 19.1. The highest BCUT2D eigenvalue weighted by Gasteiger charge is 2.08. The van der Waals surface area contributed by atoms with Gasteiger partial charge in [0.05, 0.1) is 0 Å². The summed E-state index contributed by atoms with van der Waals surface area (Å²) in [5.41, 5.74) is 0.545. The first-order valence-electron chi connectivity index (χ1n) is 4.27. The number of benzene rings is 1. The summed E-state index contributed by atoms with van der Waals surface area (Å²) < 4.78 is 13.0. The van der Waals surface area contributed by atoms with Gasteiger partial charge in [-0.15, -0.1) is 0 Å². The predicted molar refractivity (Wildman–Crippen MR) is 51.1 cm³/mol. The minimum atomic E-state index is -1.14. The summed E-state index contributed by atoms with van der Waals surface area (Å²) in [6.07, 6.45) is 0. The molecule has 0 bridgehead atoms. The highest BCUT2D eigenvalue weighted by molar-refractivity contribution is 5.95. The molecule has 0 aliphatic heterocycles. The van der Waals surface area contributed by atoms with Crippen LogP contribution in [0.15, 0.2) is 18.2 Å². The molecular formula is C10H10FNO3. The molecule has 1 aromatic rings. The minimum Gasteiger partial charge on any atom is -0.480 e. The van der Waals surface area contributed by atoms with Crippen LogP contribution in [0.1, 0.15) is 15.9 Å². The van der Waals surface area contributed by atoms with Crippen molar-refractivity contribution in [2.45, 2.75) is 6.92 Å². The van der Waals surface area contributed by atoms with Crippen molar-refractivity contribution in [3.05, 3.63) is 35.1 Å². The van der Waals surface area contributed by atoms with Crippen LogP contribution in [0.3, 0.4) is 0 Å². The van der Waals surface area contributed by atoms with E-state index in [-0.39, 0.29) is 5.56 Å². The summed E-state index contributed by atoms with van der Waals surface area (Å²) in [5, 5.41) is 10.5. The molecule has 1 rings (SSSR count). The number of hydrogen-bond donors (Lipinski definition) is 2. The second-order valence-corrected chi connectivity index (χ2v) is 3.04. The SMILES string of the molecule is Cc1ccc(C(=O)NCC(=O)O)cc1F. The van der Waals surface area contributed by atoms with Crippen LogP contribution in [0.4, 0.5) is 4.39 Å². The zero-order valence-corrected chi connectivity index (χ0v) is 8.08. The maximum absolute atomic E-state index is 13.0. The zero-order valence-electron chi connectivity index (χ0n) is 8.08. The summed E-state index contributed by atoms with van der Waals surface area (Å²) >= 11 is 0. The van der Waals surface area contributed by atoms with Gasteiger partial charge >= 0.3 is 5.97 Å². The van der Waals surface area contributed by atoms with E-state index in [1.165, 1.54) is 12.1 Å². The van der Waals surface area contributed by atoms with Crippen LogP contribution < -0.4 is 5.32 Å². The van der Waals surface area contributed by atoms with Gasteiger partial charge in [-0.25, -0.2) is 4.39 Å². The first kappa shape index (κ1) is 11.2. The second-order valence-electron chi connectivity index (χ2n) is 3.04. The van der Waals surface area contributed by atoms with Crippen LogP contribution in [-0.4, -0.2) is 23.5 Å². The molecule has 4 nitrogen and oxygen atoms in total. The van der Waals surface area contributed by atoms with E-state index in [1.54, 1.807) is 6.92 Å².